The van der Waals surface area contributed by atoms with Crippen LogP contribution in [0.15, 0.2) is 54.6 Å². The lowest BCUT2D eigenvalue weighted by Gasteiger charge is -2.36. The molecule has 2 heterocycles. The molecule has 2 saturated heterocycles. The summed E-state index contributed by atoms with van der Waals surface area (Å²) in [6, 6.07) is 19.0. The topological polar surface area (TPSA) is 38.8 Å². The third kappa shape index (κ3) is 5.12. The smallest absolute Gasteiger partial charge is 0.238 e. The molecule has 1 N–H and O–H groups in total. The summed E-state index contributed by atoms with van der Waals surface area (Å²) in [6.45, 7) is 7.83. The zero-order valence-electron chi connectivity index (χ0n) is 16.5. The fourth-order valence-corrected chi connectivity index (χ4v) is 4.11. The van der Waals surface area contributed by atoms with E-state index in [0.29, 0.717) is 6.54 Å². The second kappa shape index (κ2) is 9.22. The molecule has 5 nitrogen and oxygen atoms in total. The van der Waals surface area contributed by atoms with Gasteiger partial charge < -0.3 is 10.2 Å². The van der Waals surface area contributed by atoms with Gasteiger partial charge in [-0.2, -0.15) is 0 Å². The van der Waals surface area contributed by atoms with Crippen LogP contribution in [0.2, 0.25) is 0 Å². The molecule has 5 heteroatoms. The van der Waals surface area contributed by atoms with E-state index in [0.717, 1.165) is 51.5 Å². The lowest BCUT2D eigenvalue weighted by molar-refractivity contribution is -0.117. The van der Waals surface area contributed by atoms with Crippen molar-refractivity contribution in [3.05, 3.63) is 60.2 Å². The van der Waals surface area contributed by atoms with Crippen molar-refractivity contribution in [2.45, 2.75) is 19.4 Å². The quantitative estimate of drug-likeness (QED) is 0.839. The highest BCUT2D eigenvalue weighted by atomic mass is 16.2. The molecule has 0 atom stereocenters. The minimum atomic E-state index is 0.0872. The zero-order valence-corrected chi connectivity index (χ0v) is 16.5. The Hall–Kier alpha value is -2.37. The summed E-state index contributed by atoms with van der Waals surface area (Å²) in [4.78, 5) is 19.3. The standard InChI is InChI=1S/C23H30N4O/c28-23(19-25-12-4-5-13-25)24-21-8-10-22(11-9-21)27-16-14-26(15-17-27)18-20-6-2-1-3-7-20/h1-3,6-11H,4-5,12-19H2,(H,24,28). The molecule has 0 bridgehead atoms. The molecule has 2 aromatic rings. The Morgan fingerprint density at radius 2 is 1.46 bits per heavy atom. The van der Waals surface area contributed by atoms with Crippen molar-refractivity contribution < 1.29 is 4.79 Å². The Labute approximate surface area is 167 Å². The molecule has 148 valence electrons. The van der Waals surface area contributed by atoms with Crippen molar-refractivity contribution in [1.29, 1.82) is 0 Å². The predicted octanol–water partition coefficient (Wildman–Crippen LogP) is 3.04. The molecule has 4 rings (SSSR count). The fraction of sp³-hybridized carbons (Fsp3) is 0.435. The third-order valence-electron chi connectivity index (χ3n) is 5.70. The number of piperazine rings is 1. The van der Waals surface area contributed by atoms with Crippen molar-refractivity contribution in [3.8, 4) is 0 Å². The van der Waals surface area contributed by atoms with Gasteiger partial charge in [0.15, 0.2) is 0 Å². The molecular formula is C23H30N4O. The molecule has 2 aliphatic rings. The number of nitrogens with zero attached hydrogens (tertiary/aromatic N) is 3. The van der Waals surface area contributed by atoms with Crippen LogP contribution in [-0.4, -0.2) is 61.5 Å². The minimum Gasteiger partial charge on any atom is -0.369 e. The summed E-state index contributed by atoms with van der Waals surface area (Å²) in [7, 11) is 0. The molecule has 2 aliphatic heterocycles. The van der Waals surface area contributed by atoms with Gasteiger partial charge in [-0.25, -0.2) is 0 Å². The van der Waals surface area contributed by atoms with Gasteiger partial charge in [0.05, 0.1) is 6.54 Å². The van der Waals surface area contributed by atoms with Gasteiger partial charge in [0.2, 0.25) is 5.91 Å². The first kappa shape index (κ1) is 19.0. The monoisotopic (exact) mass is 378 g/mol. The average Bonchev–Trinajstić information content (AvgIpc) is 3.23. The van der Waals surface area contributed by atoms with Crippen LogP contribution in [0.4, 0.5) is 11.4 Å². The third-order valence-corrected chi connectivity index (χ3v) is 5.70. The SMILES string of the molecule is O=C(CN1CCCC1)Nc1ccc(N2CCN(Cc3ccccc3)CC2)cc1. The van der Waals surface area contributed by atoms with Gasteiger partial charge >= 0.3 is 0 Å². The molecule has 1 amide bonds. The van der Waals surface area contributed by atoms with E-state index in [1.807, 2.05) is 12.1 Å². The molecule has 0 unspecified atom stereocenters. The predicted molar refractivity (Wildman–Crippen MR) is 115 cm³/mol. The van der Waals surface area contributed by atoms with Crippen molar-refractivity contribution >= 4 is 17.3 Å². The second-order valence-electron chi connectivity index (χ2n) is 7.83. The first-order valence-electron chi connectivity index (χ1n) is 10.4. The molecular weight excluding hydrogens is 348 g/mol. The van der Waals surface area contributed by atoms with Crippen LogP contribution in [0.25, 0.3) is 0 Å². The Balaban J connectivity index is 1.24. The molecule has 0 saturated carbocycles. The molecule has 0 spiro atoms. The van der Waals surface area contributed by atoms with Crippen molar-refractivity contribution in [1.82, 2.24) is 9.80 Å². The van der Waals surface area contributed by atoms with Crippen LogP contribution in [0.3, 0.4) is 0 Å². The Morgan fingerprint density at radius 3 is 2.14 bits per heavy atom. The van der Waals surface area contributed by atoms with Gasteiger partial charge in [0, 0.05) is 44.1 Å². The van der Waals surface area contributed by atoms with E-state index in [1.165, 1.54) is 24.1 Å². The number of likely N-dealkylation sites (tertiary alicyclic amines) is 1. The van der Waals surface area contributed by atoms with Crippen LogP contribution in [0.5, 0.6) is 0 Å². The molecule has 2 fully saturated rings. The van der Waals surface area contributed by atoms with Gasteiger partial charge in [-0.15, -0.1) is 0 Å². The molecule has 0 aromatic heterocycles. The summed E-state index contributed by atoms with van der Waals surface area (Å²) in [6.07, 6.45) is 2.42. The maximum Gasteiger partial charge on any atom is 0.238 e. The normalized spacial score (nSPS) is 18.4. The maximum atomic E-state index is 12.2. The lowest BCUT2D eigenvalue weighted by atomic mass is 10.2. The van der Waals surface area contributed by atoms with E-state index in [-0.39, 0.29) is 5.91 Å². The number of amides is 1. The highest BCUT2D eigenvalue weighted by Crippen LogP contribution is 2.20. The highest BCUT2D eigenvalue weighted by Gasteiger charge is 2.18. The Morgan fingerprint density at radius 1 is 0.786 bits per heavy atom. The van der Waals surface area contributed by atoms with E-state index >= 15 is 0 Å². The van der Waals surface area contributed by atoms with Gasteiger partial charge in [-0.1, -0.05) is 30.3 Å². The van der Waals surface area contributed by atoms with Gasteiger partial charge in [-0.3, -0.25) is 14.6 Å². The number of hydrogen-bond acceptors (Lipinski definition) is 4. The Bertz CT molecular complexity index is 748. The first-order chi connectivity index (χ1) is 13.8. The first-order valence-corrected chi connectivity index (χ1v) is 10.4. The van der Waals surface area contributed by atoms with Gasteiger partial charge in [0.1, 0.15) is 0 Å². The number of carbonyl (C=O) groups excluding carboxylic acids is 1. The average molecular weight is 379 g/mol. The Kier molecular flexibility index (Phi) is 6.24. The number of rotatable bonds is 6. The second-order valence-corrected chi connectivity index (χ2v) is 7.83. The van der Waals surface area contributed by atoms with Crippen molar-refractivity contribution in [2.24, 2.45) is 0 Å². The lowest BCUT2D eigenvalue weighted by Crippen LogP contribution is -2.45. The van der Waals surface area contributed by atoms with Crippen molar-refractivity contribution in [2.75, 3.05) is 56.0 Å². The summed E-state index contributed by atoms with van der Waals surface area (Å²) in [5.41, 5.74) is 3.50. The molecule has 0 radical (unpaired) electrons. The number of carbonyl (C=O) groups is 1. The number of nitrogens with one attached hydrogen (secondary N) is 1. The fourth-order valence-electron chi connectivity index (χ4n) is 4.11. The summed E-state index contributed by atoms with van der Waals surface area (Å²) < 4.78 is 0. The number of anilines is 2. The number of hydrogen-bond donors (Lipinski definition) is 1. The van der Waals surface area contributed by atoms with Crippen LogP contribution in [0, 0.1) is 0 Å². The van der Waals surface area contributed by atoms with E-state index < -0.39 is 0 Å². The van der Waals surface area contributed by atoms with E-state index in [4.69, 9.17) is 0 Å². The van der Waals surface area contributed by atoms with Crippen LogP contribution in [-0.2, 0) is 11.3 Å². The van der Waals surface area contributed by atoms with E-state index in [9.17, 15) is 4.79 Å². The van der Waals surface area contributed by atoms with E-state index in [1.54, 1.807) is 0 Å². The van der Waals surface area contributed by atoms with E-state index in [2.05, 4.69) is 62.5 Å². The van der Waals surface area contributed by atoms with Gasteiger partial charge in [-0.05, 0) is 55.8 Å². The maximum absolute atomic E-state index is 12.2. The molecule has 28 heavy (non-hydrogen) atoms. The van der Waals surface area contributed by atoms with Crippen LogP contribution >= 0.6 is 0 Å². The number of benzene rings is 2. The highest BCUT2D eigenvalue weighted by molar-refractivity contribution is 5.92. The summed E-state index contributed by atoms with van der Waals surface area (Å²) in [5.74, 6) is 0.0872. The van der Waals surface area contributed by atoms with Crippen molar-refractivity contribution in [3.63, 3.8) is 0 Å². The minimum absolute atomic E-state index is 0.0872. The zero-order chi connectivity index (χ0) is 19.2. The van der Waals surface area contributed by atoms with Gasteiger partial charge in [0.25, 0.3) is 0 Å². The molecule has 0 aliphatic carbocycles. The molecule has 2 aromatic carbocycles. The van der Waals surface area contributed by atoms with Crippen LogP contribution in [0.1, 0.15) is 18.4 Å². The largest absolute Gasteiger partial charge is 0.369 e. The summed E-state index contributed by atoms with van der Waals surface area (Å²) in [5, 5.41) is 3.03. The summed E-state index contributed by atoms with van der Waals surface area (Å²) >= 11 is 0. The van der Waals surface area contributed by atoms with Crippen LogP contribution < -0.4 is 10.2 Å².